The number of nitrogens with zero attached hydrogens (tertiary/aromatic N) is 1. The summed E-state index contributed by atoms with van der Waals surface area (Å²) in [6.45, 7) is 26.9. The first-order valence-electron chi connectivity index (χ1n) is 11.0. The van der Waals surface area contributed by atoms with Gasteiger partial charge in [0.25, 0.3) is 0 Å². The normalized spacial score (nSPS) is 30.5. The first kappa shape index (κ1) is 34.4. The summed E-state index contributed by atoms with van der Waals surface area (Å²) in [6, 6.07) is 1.26. The van der Waals surface area contributed by atoms with Crippen molar-refractivity contribution in [3.63, 3.8) is 0 Å². The summed E-state index contributed by atoms with van der Waals surface area (Å²) in [5.41, 5.74) is -0.293. The van der Waals surface area contributed by atoms with E-state index in [1.165, 1.54) is 6.54 Å². The Kier molecular flexibility index (Phi) is 17.0. The van der Waals surface area contributed by atoms with E-state index >= 15 is 0 Å². The molecule has 0 aromatic heterocycles. The molecule has 30 heavy (non-hydrogen) atoms. The Morgan fingerprint density at radius 1 is 0.933 bits per heavy atom. The molecule has 0 amide bonds. The van der Waals surface area contributed by atoms with E-state index in [1.54, 1.807) is 13.8 Å². The molecule has 2 heterocycles. The zero-order valence-electron chi connectivity index (χ0n) is 21.1. The van der Waals surface area contributed by atoms with Gasteiger partial charge in [-0.1, -0.05) is 35.1 Å². The number of rotatable bonds is 3. The molecule has 5 heteroatoms. The average molecular weight is 596 g/mol. The van der Waals surface area contributed by atoms with Crippen LogP contribution in [-0.4, -0.2) is 47.2 Å². The van der Waals surface area contributed by atoms with Gasteiger partial charge in [0.2, 0.25) is 0 Å². The van der Waals surface area contributed by atoms with Crippen molar-refractivity contribution in [2.45, 2.75) is 108 Å². The molecule has 0 spiro atoms. The maximum atomic E-state index is 11.6. The summed E-state index contributed by atoms with van der Waals surface area (Å²) >= 11 is 0. The van der Waals surface area contributed by atoms with Crippen molar-refractivity contribution in [2.75, 3.05) is 13.1 Å². The van der Waals surface area contributed by atoms with Crippen LogP contribution in [0, 0.1) is 29.6 Å². The van der Waals surface area contributed by atoms with Gasteiger partial charge in [0.1, 0.15) is 5.78 Å². The van der Waals surface area contributed by atoms with Crippen molar-refractivity contribution in [3.05, 3.63) is 5.92 Å². The molecule has 1 N–H and O–H groups in total. The van der Waals surface area contributed by atoms with E-state index in [0.717, 1.165) is 30.3 Å². The van der Waals surface area contributed by atoms with Crippen LogP contribution in [0.25, 0.3) is 0 Å². The third kappa shape index (κ3) is 9.96. The van der Waals surface area contributed by atoms with Gasteiger partial charge in [-0.25, -0.2) is 0 Å². The zero-order valence-corrected chi connectivity index (χ0v) is 24.0. The van der Waals surface area contributed by atoms with Crippen LogP contribution in [0.1, 0.15) is 90.5 Å². The number of nitrogens with one attached hydrogen (secondary N) is 1. The van der Waals surface area contributed by atoms with Crippen molar-refractivity contribution < 1.29 is 30.7 Å². The second kappa shape index (κ2) is 14.8. The summed E-state index contributed by atoms with van der Waals surface area (Å²) < 4.78 is 0. The molecule has 4 nitrogen and oxygen atoms in total. The van der Waals surface area contributed by atoms with Gasteiger partial charge >= 0.3 is 0 Å². The fourth-order valence-corrected chi connectivity index (χ4v) is 3.58. The van der Waals surface area contributed by atoms with E-state index in [1.807, 2.05) is 27.7 Å². The van der Waals surface area contributed by atoms with Crippen molar-refractivity contribution in [1.29, 1.82) is 0 Å². The number of likely N-dealkylation sites (tertiary alicyclic amines) is 1. The summed E-state index contributed by atoms with van der Waals surface area (Å²) in [6.07, 6.45) is 0. The molecule has 2 fully saturated rings. The van der Waals surface area contributed by atoms with Crippen LogP contribution in [0.3, 0.4) is 0 Å². The van der Waals surface area contributed by atoms with Gasteiger partial charge in [-0.2, -0.15) is 13.8 Å². The standard InChI is InChI=1S/C12H23NO.C7H15N.C5H9O.CH4.W/c1-8-7-13(10(3)9(8)2)12(5,6)11(4)14;1-5-4-8-7(3)6(5)2;1-4(2)5(3)6;;/h8-10H,7H2,1-6H3;5-8H,4H2,1-3H3;1-3H3;1H4;/q;;-1;;. The van der Waals surface area contributed by atoms with E-state index in [9.17, 15) is 9.59 Å². The maximum Gasteiger partial charge on any atom is 0.149 e. The molecule has 6 atom stereocenters. The number of hydrogen-bond donors (Lipinski definition) is 1. The first-order valence-corrected chi connectivity index (χ1v) is 11.0. The Balaban J connectivity index is -0.000000391. The Morgan fingerprint density at radius 2 is 1.37 bits per heavy atom. The van der Waals surface area contributed by atoms with Crippen LogP contribution in [-0.2, 0) is 30.7 Å². The number of carbonyl (C=O) groups is 2. The molecule has 180 valence electrons. The fraction of sp³-hybridized carbons (Fsp3) is 0.880. The minimum atomic E-state index is -0.293. The smallest absolute Gasteiger partial charge is 0.149 e. The third-order valence-electron chi connectivity index (χ3n) is 7.37. The minimum absolute atomic E-state index is 0. The molecular formula is C25H51N2O2W-. The van der Waals surface area contributed by atoms with Crippen LogP contribution in [0.4, 0.5) is 0 Å². The van der Waals surface area contributed by atoms with Crippen molar-refractivity contribution >= 4 is 11.6 Å². The predicted octanol–water partition coefficient (Wildman–Crippen LogP) is 5.40. The molecule has 0 radical (unpaired) electrons. The van der Waals surface area contributed by atoms with Crippen molar-refractivity contribution in [1.82, 2.24) is 10.2 Å². The van der Waals surface area contributed by atoms with Crippen LogP contribution in [0.5, 0.6) is 0 Å². The van der Waals surface area contributed by atoms with Crippen LogP contribution in [0.2, 0.25) is 0 Å². The third-order valence-corrected chi connectivity index (χ3v) is 7.37. The SMILES string of the molecule is C.CC(=O)C(C)(C)N1CC(C)C(C)C1C.CC(=O)[C-](C)C.CC1CNC(C)C1C.[W]. The van der Waals surface area contributed by atoms with Gasteiger partial charge in [0, 0.05) is 39.7 Å². The first-order chi connectivity index (χ1) is 12.6. The Bertz CT molecular complexity index is 497. The number of ketones is 2. The number of Topliss-reactive ketones (excluding diaryl/α,β-unsaturated/α-hetero) is 2. The minimum Gasteiger partial charge on any atom is -0.334 e. The van der Waals surface area contributed by atoms with Gasteiger partial charge in [-0.3, -0.25) is 9.69 Å². The summed E-state index contributed by atoms with van der Waals surface area (Å²) in [5, 5.41) is 3.42. The molecule has 2 rings (SSSR count). The fourth-order valence-electron chi connectivity index (χ4n) is 3.58. The predicted molar refractivity (Wildman–Crippen MR) is 127 cm³/mol. The van der Waals surface area contributed by atoms with Gasteiger partial charge in [-0.15, -0.1) is 0 Å². The molecular weight excluding hydrogens is 544 g/mol. The largest absolute Gasteiger partial charge is 0.334 e. The molecule has 0 aliphatic carbocycles. The number of carbonyl (C=O) groups excluding carboxylic acids is 2. The van der Waals surface area contributed by atoms with Gasteiger partial charge < -0.3 is 16.0 Å². The van der Waals surface area contributed by atoms with Crippen LogP contribution >= 0.6 is 0 Å². The quantitative estimate of drug-likeness (QED) is 0.444. The van der Waals surface area contributed by atoms with Crippen molar-refractivity contribution in [2.24, 2.45) is 23.7 Å². The van der Waals surface area contributed by atoms with E-state index in [2.05, 4.69) is 51.8 Å². The molecule has 6 unspecified atom stereocenters. The molecule has 0 saturated carbocycles. The summed E-state index contributed by atoms with van der Waals surface area (Å²) in [5.74, 6) is 4.45. The van der Waals surface area contributed by atoms with Gasteiger partial charge in [-0.05, 0) is 77.5 Å². The number of hydrogen-bond acceptors (Lipinski definition) is 4. The van der Waals surface area contributed by atoms with E-state index in [-0.39, 0.29) is 45.6 Å². The van der Waals surface area contributed by atoms with E-state index in [0.29, 0.717) is 17.9 Å². The summed E-state index contributed by atoms with van der Waals surface area (Å²) in [7, 11) is 0. The van der Waals surface area contributed by atoms with Gasteiger partial charge in [0.15, 0.2) is 0 Å². The topological polar surface area (TPSA) is 49.4 Å². The van der Waals surface area contributed by atoms with Crippen LogP contribution < -0.4 is 5.32 Å². The van der Waals surface area contributed by atoms with Gasteiger partial charge in [0.05, 0.1) is 5.54 Å². The average Bonchev–Trinajstić information content (AvgIpc) is 3.03. The summed E-state index contributed by atoms with van der Waals surface area (Å²) in [4.78, 5) is 24.0. The monoisotopic (exact) mass is 595 g/mol. The molecule has 2 aliphatic heterocycles. The Labute approximate surface area is 203 Å². The zero-order chi connectivity index (χ0) is 22.4. The van der Waals surface area contributed by atoms with Crippen molar-refractivity contribution in [3.8, 4) is 0 Å². The second-order valence-electron chi connectivity index (χ2n) is 9.93. The molecule has 0 bridgehead atoms. The molecule has 0 aromatic rings. The second-order valence-corrected chi connectivity index (χ2v) is 9.93. The molecule has 0 aromatic carbocycles. The Morgan fingerprint density at radius 3 is 1.53 bits per heavy atom. The van der Waals surface area contributed by atoms with E-state index in [4.69, 9.17) is 0 Å². The molecule has 2 saturated heterocycles. The van der Waals surface area contributed by atoms with E-state index < -0.39 is 0 Å². The molecule has 2 aliphatic rings. The maximum absolute atomic E-state index is 11.6. The Hall–Kier alpha value is -0.182. The van der Waals surface area contributed by atoms with Crippen LogP contribution in [0.15, 0.2) is 0 Å².